The van der Waals surface area contributed by atoms with Crippen LogP contribution >= 0.6 is 11.3 Å². The molecule has 3 rings (SSSR count). The molecule has 0 aliphatic carbocycles. The summed E-state index contributed by atoms with van der Waals surface area (Å²) in [5.41, 5.74) is 1.78. The summed E-state index contributed by atoms with van der Waals surface area (Å²) >= 11 is 1.31. The maximum Gasteiger partial charge on any atom is 0.349 e. The van der Waals surface area contributed by atoms with E-state index >= 15 is 0 Å². The Morgan fingerprint density at radius 3 is 2.75 bits per heavy atom. The van der Waals surface area contributed by atoms with E-state index < -0.39 is 18.0 Å². The van der Waals surface area contributed by atoms with Crippen molar-refractivity contribution in [2.24, 2.45) is 0 Å². The van der Waals surface area contributed by atoms with E-state index in [4.69, 9.17) is 9.47 Å². The number of benzene rings is 1. The number of hydrogen-bond acceptors (Lipinski definition) is 5. The Bertz CT molecular complexity index is 632. The number of carbonyl (C=O) groups is 2. The molecule has 1 fully saturated rings. The lowest BCUT2D eigenvalue weighted by molar-refractivity contribution is -0.145. The van der Waals surface area contributed by atoms with E-state index in [9.17, 15) is 9.59 Å². The number of rotatable bonds is 3. The van der Waals surface area contributed by atoms with Crippen LogP contribution in [0.4, 0.5) is 0 Å². The molecule has 5 heteroatoms. The van der Waals surface area contributed by atoms with E-state index in [-0.39, 0.29) is 0 Å². The van der Waals surface area contributed by atoms with Crippen LogP contribution in [0.3, 0.4) is 0 Å². The van der Waals surface area contributed by atoms with Gasteiger partial charge in [-0.15, -0.1) is 11.3 Å². The highest BCUT2D eigenvalue weighted by Gasteiger charge is 2.31. The van der Waals surface area contributed by atoms with Crippen molar-refractivity contribution in [2.75, 3.05) is 6.61 Å². The van der Waals surface area contributed by atoms with Gasteiger partial charge in [0.2, 0.25) is 6.10 Å². The van der Waals surface area contributed by atoms with Crippen LogP contribution in [-0.2, 0) is 14.3 Å². The fraction of sp³-hybridized carbons (Fsp3) is 0.200. The highest BCUT2D eigenvalue weighted by atomic mass is 32.1. The quantitative estimate of drug-likeness (QED) is 0.815. The van der Waals surface area contributed by atoms with Crippen LogP contribution in [0.5, 0.6) is 0 Å². The molecule has 0 radical (unpaired) electrons. The zero-order valence-electron chi connectivity index (χ0n) is 10.6. The number of ether oxygens (including phenoxy) is 2. The van der Waals surface area contributed by atoms with Gasteiger partial charge in [0.15, 0.2) is 0 Å². The molecule has 102 valence electrons. The summed E-state index contributed by atoms with van der Waals surface area (Å²) in [6.07, 6.45) is -0.343. The normalized spacial score (nSPS) is 17.8. The minimum absolute atomic E-state index is 0.312. The first kappa shape index (κ1) is 12.9. The molecule has 0 spiro atoms. The zero-order valence-corrected chi connectivity index (χ0v) is 11.4. The maximum atomic E-state index is 12.2. The molecule has 20 heavy (non-hydrogen) atoms. The van der Waals surface area contributed by atoms with Gasteiger partial charge < -0.3 is 9.47 Å². The van der Waals surface area contributed by atoms with Gasteiger partial charge in [-0.3, -0.25) is 0 Å². The number of thiophene rings is 1. The van der Waals surface area contributed by atoms with Crippen LogP contribution in [0, 0.1) is 0 Å². The lowest BCUT2D eigenvalue weighted by atomic mass is 10.1. The zero-order chi connectivity index (χ0) is 13.9. The van der Waals surface area contributed by atoms with Crippen molar-refractivity contribution in [1.82, 2.24) is 0 Å². The molecule has 1 aliphatic heterocycles. The van der Waals surface area contributed by atoms with Gasteiger partial charge in [0.1, 0.15) is 4.88 Å². The second-order valence-electron chi connectivity index (χ2n) is 4.38. The third-order valence-electron chi connectivity index (χ3n) is 3.07. The van der Waals surface area contributed by atoms with Gasteiger partial charge in [-0.2, -0.15) is 0 Å². The SMILES string of the molecule is O=C(O[C@H]1CCOC1=O)c1sccc1-c1ccccc1. The van der Waals surface area contributed by atoms with Crippen LogP contribution in [-0.4, -0.2) is 24.6 Å². The van der Waals surface area contributed by atoms with Crippen molar-refractivity contribution in [3.63, 3.8) is 0 Å². The molecule has 1 aromatic heterocycles. The second kappa shape index (κ2) is 5.46. The number of cyclic esters (lactones) is 1. The highest BCUT2D eigenvalue weighted by molar-refractivity contribution is 7.12. The molecule has 4 nitrogen and oxygen atoms in total. The molecule has 0 bridgehead atoms. The summed E-state index contributed by atoms with van der Waals surface area (Å²) < 4.78 is 10.0. The Labute approximate surface area is 119 Å². The lowest BCUT2D eigenvalue weighted by Gasteiger charge is -2.08. The van der Waals surface area contributed by atoms with E-state index in [1.165, 1.54) is 11.3 Å². The Balaban J connectivity index is 1.83. The van der Waals surface area contributed by atoms with Crippen molar-refractivity contribution in [1.29, 1.82) is 0 Å². The first-order chi connectivity index (χ1) is 9.75. The summed E-state index contributed by atoms with van der Waals surface area (Å²) in [4.78, 5) is 24.0. The fourth-order valence-corrected chi connectivity index (χ4v) is 2.88. The van der Waals surface area contributed by atoms with Crippen LogP contribution < -0.4 is 0 Å². The summed E-state index contributed by atoms with van der Waals surface area (Å²) in [7, 11) is 0. The van der Waals surface area contributed by atoms with Crippen molar-refractivity contribution in [3.8, 4) is 11.1 Å². The summed E-state index contributed by atoms with van der Waals surface area (Å²) in [5, 5.41) is 1.84. The average Bonchev–Trinajstić information content (AvgIpc) is 3.09. The smallest absolute Gasteiger partial charge is 0.349 e. The van der Waals surface area contributed by atoms with Crippen LogP contribution in [0.1, 0.15) is 16.1 Å². The van der Waals surface area contributed by atoms with Gasteiger partial charge in [0, 0.05) is 12.0 Å². The molecule has 1 aliphatic rings. The number of esters is 2. The third-order valence-corrected chi connectivity index (χ3v) is 3.97. The Morgan fingerprint density at radius 2 is 2.05 bits per heavy atom. The summed E-state index contributed by atoms with van der Waals surface area (Å²) in [5.74, 6) is -0.932. The van der Waals surface area contributed by atoms with Crippen molar-refractivity contribution >= 4 is 23.3 Å². The van der Waals surface area contributed by atoms with Crippen LogP contribution in [0.15, 0.2) is 41.8 Å². The molecule has 2 heterocycles. The fourth-order valence-electron chi connectivity index (χ4n) is 2.08. The van der Waals surface area contributed by atoms with Crippen molar-refractivity contribution in [2.45, 2.75) is 12.5 Å². The molecule has 1 saturated heterocycles. The Hall–Kier alpha value is -2.14. The largest absolute Gasteiger partial charge is 0.463 e. The first-order valence-corrected chi connectivity index (χ1v) is 7.14. The van der Waals surface area contributed by atoms with E-state index in [0.29, 0.717) is 17.9 Å². The minimum atomic E-state index is -0.770. The van der Waals surface area contributed by atoms with E-state index in [1.54, 1.807) is 0 Å². The van der Waals surface area contributed by atoms with Gasteiger partial charge in [-0.25, -0.2) is 9.59 Å². The molecule has 0 amide bonds. The number of carbonyl (C=O) groups excluding carboxylic acids is 2. The monoisotopic (exact) mass is 288 g/mol. The molecule has 1 aromatic carbocycles. The maximum absolute atomic E-state index is 12.2. The predicted octanol–water partition coefficient (Wildman–Crippen LogP) is 2.89. The molecular formula is C15H12O4S. The Kier molecular flexibility index (Phi) is 3.52. The van der Waals surface area contributed by atoms with Crippen LogP contribution in [0.25, 0.3) is 11.1 Å². The predicted molar refractivity (Wildman–Crippen MR) is 74.5 cm³/mol. The van der Waals surface area contributed by atoms with Crippen molar-refractivity contribution < 1.29 is 19.1 Å². The van der Waals surface area contributed by atoms with Gasteiger partial charge in [-0.05, 0) is 17.0 Å². The van der Waals surface area contributed by atoms with Gasteiger partial charge in [0.25, 0.3) is 0 Å². The standard InChI is InChI=1S/C15H12O4S/c16-14-12(6-8-18-14)19-15(17)13-11(7-9-20-13)10-4-2-1-3-5-10/h1-5,7,9,12H,6,8H2/t12-/m0/s1. The molecule has 0 N–H and O–H groups in total. The molecular weight excluding hydrogens is 276 g/mol. The highest BCUT2D eigenvalue weighted by Crippen LogP contribution is 2.29. The van der Waals surface area contributed by atoms with Gasteiger partial charge in [-0.1, -0.05) is 30.3 Å². The molecule has 1 atom stereocenters. The molecule has 0 unspecified atom stereocenters. The second-order valence-corrected chi connectivity index (χ2v) is 5.30. The summed E-state index contributed by atoms with van der Waals surface area (Å²) in [6.45, 7) is 0.312. The average molecular weight is 288 g/mol. The third kappa shape index (κ3) is 2.44. The molecule has 0 saturated carbocycles. The van der Waals surface area contributed by atoms with E-state index in [2.05, 4.69) is 0 Å². The first-order valence-electron chi connectivity index (χ1n) is 6.26. The lowest BCUT2D eigenvalue weighted by Crippen LogP contribution is -2.22. The van der Waals surface area contributed by atoms with E-state index in [0.717, 1.165) is 11.1 Å². The Morgan fingerprint density at radius 1 is 1.25 bits per heavy atom. The minimum Gasteiger partial charge on any atom is -0.463 e. The van der Waals surface area contributed by atoms with Crippen molar-refractivity contribution in [3.05, 3.63) is 46.7 Å². The van der Waals surface area contributed by atoms with Gasteiger partial charge >= 0.3 is 11.9 Å². The summed E-state index contributed by atoms with van der Waals surface area (Å²) in [6, 6.07) is 11.5. The topological polar surface area (TPSA) is 52.6 Å². The van der Waals surface area contributed by atoms with Crippen LogP contribution in [0.2, 0.25) is 0 Å². The molecule has 2 aromatic rings. The number of hydrogen-bond donors (Lipinski definition) is 0. The van der Waals surface area contributed by atoms with Gasteiger partial charge in [0.05, 0.1) is 6.61 Å². The van der Waals surface area contributed by atoms with E-state index in [1.807, 2.05) is 41.8 Å².